The Morgan fingerprint density at radius 3 is 2.35 bits per heavy atom. The standard InChI is InChI=1S/C16H32N2O2/c1-6-9-17(5)12-13-18-10-7-14(8-11-18)15(19)20-16(2,3)4/h14H,6-13H2,1-5H3. The zero-order chi connectivity index (χ0) is 15.2. The molecule has 0 unspecified atom stereocenters. The van der Waals surface area contributed by atoms with Crippen molar-refractivity contribution < 1.29 is 9.53 Å². The molecule has 0 aliphatic carbocycles. The van der Waals surface area contributed by atoms with Crippen LogP contribution in [0.5, 0.6) is 0 Å². The predicted molar refractivity (Wildman–Crippen MR) is 82.8 cm³/mol. The van der Waals surface area contributed by atoms with Gasteiger partial charge in [0, 0.05) is 13.1 Å². The van der Waals surface area contributed by atoms with Crippen LogP contribution in [-0.4, -0.2) is 61.1 Å². The van der Waals surface area contributed by atoms with Crippen molar-refractivity contribution >= 4 is 5.97 Å². The van der Waals surface area contributed by atoms with Gasteiger partial charge in [-0.15, -0.1) is 0 Å². The van der Waals surface area contributed by atoms with Crippen LogP contribution in [0.3, 0.4) is 0 Å². The monoisotopic (exact) mass is 284 g/mol. The normalized spacial score (nSPS) is 18.5. The maximum absolute atomic E-state index is 12.0. The van der Waals surface area contributed by atoms with Crippen LogP contribution in [0.25, 0.3) is 0 Å². The summed E-state index contributed by atoms with van der Waals surface area (Å²) in [6.45, 7) is 13.4. The van der Waals surface area contributed by atoms with Gasteiger partial charge in [0.2, 0.25) is 0 Å². The van der Waals surface area contributed by atoms with Gasteiger partial charge in [0.05, 0.1) is 5.92 Å². The summed E-state index contributed by atoms with van der Waals surface area (Å²) in [5.74, 6) is 0.0825. The van der Waals surface area contributed by atoms with Crippen LogP contribution in [0.2, 0.25) is 0 Å². The van der Waals surface area contributed by atoms with Gasteiger partial charge in [-0.1, -0.05) is 6.92 Å². The molecule has 1 saturated heterocycles. The van der Waals surface area contributed by atoms with E-state index < -0.39 is 0 Å². The number of likely N-dealkylation sites (tertiary alicyclic amines) is 1. The van der Waals surface area contributed by atoms with E-state index in [1.165, 1.54) is 6.42 Å². The van der Waals surface area contributed by atoms with E-state index in [1.807, 2.05) is 20.8 Å². The SMILES string of the molecule is CCCN(C)CCN1CCC(C(=O)OC(C)(C)C)CC1. The first-order valence-corrected chi connectivity index (χ1v) is 7.95. The number of hydrogen-bond donors (Lipinski definition) is 0. The molecule has 0 spiro atoms. The van der Waals surface area contributed by atoms with Gasteiger partial charge >= 0.3 is 5.97 Å². The highest BCUT2D eigenvalue weighted by Gasteiger charge is 2.28. The number of piperidine rings is 1. The second-order valence-corrected chi connectivity index (χ2v) is 6.95. The first-order valence-electron chi connectivity index (χ1n) is 7.95. The molecule has 4 nitrogen and oxygen atoms in total. The largest absolute Gasteiger partial charge is 0.460 e. The average Bonchev–Trinajstić information content (AvgIpc) is 2.35. The molecular weight excluding hydrogens is 252 g/mol. The molecule has 1 aliphatic heterocycles. The van der Waals surface area contributed by atoms with E-state index in [-0.39, 0.29) is 17.5 Å². The zero-order valence-electron chi connectivity index (χ0n) is 13.9. The lowest BCUT2D eigenvalue weighted by molar-refractivity contribution is -0.161. The number of esters is 1. The fraction of sp³-hybridized carbons (Fsp3) is 0.938. The Balaban J connectivity index is 2.24. The van der Waals surface area contributed by atoms with Gasteiger partial charge in [0.1, 0.15) is 5.60 Å². The maximum Gasteiger partial charge on any atom is 0.309 e. The van der Waals surface area contributed by atoms with E-state index in [1.54, 1.807) is 0 Å². The van der Waals surface area contributed by atoms with Gasteiger partial charge in [-0.05, 0) is 66.7 Å². The van der Waals surface area contributed by atoms with Crippen LogP contribution in [0.1, 0.15) is 47.0 Å². The van der Waals surface area contributed by atoms with Crippen molar-refractivity contribution in [2.45, 2.75) is 52.6 Å². The van der Waals surface area contributed by atoms with Crippen molar-refractivity contribution in [1.82, 2.24) is 9.80 Å². The molecule has 118 valence electrons. The minimum atomic E-state index is -0.364. The summed E-state index contributed by atoms with van der Waals surface area (Å²) in [4.78, 5) is 16.9. The van der Waals surface area contributed by atoms with Gasteiger partial charge in [-0.3, -0.25) is 4.79 Å². The molecular formula is C16H32N2O2. The maximum atomic E-state index is 12.0. The van der Waals surface area contributed by atoms with Crippen LogP contribution in [0.15, 0.2) is 0 Å². The van der Waals surface area contributed by atoms with Crippen molar-refractivity contribution in [2.24, 2.45) is 5.92 Å². The Morgan fingerprint density at radius 2 is 1.85 bits per heavy atom. The van der Waals surface area contributed by atoms with Crippen LogP contribution in [0, 0.1) is 5.92 Å². The number of carbonyl (C=O) groups excluding carboxylic acids is 1. The molecule has 0 saturated carbocycles. The molecule has 1 rings (SSSR count). The summed E-state index contributed by atoms with van der Waals surface area (Å²) < 4.78 is 5.48. The van der Waals surface area contributed by atoms with Crippen LogP contribution >= 0.6 is 0 Å². The lowest BCUT2D eigenvalue weighted by Crippen LogP contribution is -2.41. The van der Waals surface area contributed by atoms with Crippen LogP contribution in [-0.2, 0) is 9.53 Å². The van der Waals surface area contributed by atoms with E-state index in [9.17, 15) is 4.79 Å². The smallest absolute Gasteiger partial charge is 0.309 e. The van der Waals surface area contributed by atoms with Crippen molar-refractivity contribution in [1.29, 1.82) is 0 Å². The second kappa shape index (κ2) is 7.99. The Labute approximate surface area is 124 Å². The molecule has 1 aliphatic rings. The Morgan fingerprint density at radius 1 is 1.25 bits per heavy atom. The molecule has 1 heterocycles. The highest BCUT2D eigenvalue weighted by atomic mass is 16.6. The van der Waals surface area contributed by atoms with E-state index in [0.29, 0.717) is 0 Å². The van der Waals surface area contributed by atoms with Crippen molar-refractivity contribution in [3.63, 3.8) is 0 Å². The molecule has 0 atom stereocenters. The van der Waals surface area contributed by atoms with Gasteiger partial charge in [0.25, 0.3) is 0 Å². The van der Waals surface area contributed by atoms with Crippen molar-refractivity contribution in [3.05, 3.63) is 0 Å². The highest BCUT2D eigenvalue weighted by molar-refractivity contribution is 5.73. The van der Waals surface area contributed by atoms with Crippen molar-refractivity contribution in [3.8, 4) is 0 Å². The van der Waals surface area contributed by atoms with Crippen molar-refractivity contribution in [2.75, 3.05) is 39.8 Å². The topological polar surface area (TPSA) is 32.8 Å². The van der Waals surface area contributed by atoms with E-state index >= 15 is 0 Å². The molecule has 20 heavy (non-hydrogen) atoms. The third-order valence-electron chi connectivity index (χ3n) is 3.73. The number of nitrogens with zero attached hydrogens (tertiary/aromatic N) is 2. The first kappa shape index (κ1) is 17.4. The van der Waals surface area contributed by atoms with Gasteiger partial charge < -0.3 is 14.5 Å². The van der Waals surface area contributed by atoms with Gasteiger partial charge in [-0.25, -0.2) is 0 Å². The minimum Gasteiger partial charge on any atom is -0.460 e. The molecule has 0 aromatic rings. The molecule has 0 bridgehead atoms. The van der Waals surface area contributed by atoms with Gasteiger partial charge in [0.15, 0.2) is 0 Å². The quantitative estimate of drug-likeness (QED) is 0.701. The third kappa shape index (κ3) is 6.71. The van der Waals surface area contributed by atoms with E-state index in [2.05, 4.69) is 23.8 Å². The summed E-state index contributed by atoms with van der Waals surface area (Å²) in [5, 5.41) is 0. The Bertz CT molecular complexity index is 291. The lowest BCUT2D eigenvalue weighted by Gasteiger charge is -2.33. The van der Waals surface area contributed by atoms with E-state index in [0.717, 1.165) is 45.6 Å². The number of carbonyl (C=O) groups is 1. The molecule has 1 fully saturated rings. The number of ether oxygens (including phenoxy) is 1. The molecule has 4 heteroatoms. The summed E-state index contributed by atoms with van der Waals surface area (Å²) in [7, 11) is 2.18. The number of hydrogen-bond acceptors (Lipinski definition) is 4. The Kier molecular flexibility index (Phi) is 6.96. The summed E-state index contributed by atoms with van der Waals surface area (Å²) in [6.07, 6.45) is 3.08. The molecule has 0 aromatic carbocycles. The molecule has 0 radical (unpaired) electrons. The lowest BCUT2D eigenvalue weighted by atomic mass is 9.96. The number of likely N-dealkylation sites (N-methyl/N-ethyl adjacent to an activating group) is 1. The molecule has 0 N–H and O–H groups in total. The fourth-order valence-electron chi connectivity index (χ4n) is 2.58. The van der Waals surface area contributed by atoms with Crippen LogP contribution < -0.4 is 0 Å². The van der Waals surface area contributed by atoms with Crippen LogP contribution in [0.4, 0.5) is 0 Å². The molecule has 0 aromatic heterocycles. The van der Waals surface area contributed by atoms with Gasteiger partial charge in [-0.2, -0.15) is 0 Å². The second-order valence-electron chi connectivity index (χ2n) is 6.95. The minimum absolute atomic E-state index is 0.0137. The first-order chi connectivity index (χ1) is 9.31. The summed E-state index contributed by atoms with van der Waals surface area (Å²) in [5.41, 5.74) is -0.364. The zero-order valence-corrected chi connectivity index (χ0v) is 13.9. The predicted octanol–water partition coefficient (Wildman–Crippen LogP) is 2.38. The fourth-order valence-corrected chi connectivity index (χ4v) is 2.58. The van der Waals surface area contributed by atoms with E-state index in [4.69, 9.17) is 4.74 Å². The third-order valence-corrected chi connectivity index (χ3v) is 3.73. The molecule has 0 amide bonds. The highest BCUT2D eigenvalue weighted by Crippen LogP contribution is 2.21. The average molecular weight is 284 g/mol. The number of rotatable bonds is 6. The summed E-state index contributed by atoms with van der Waals surface area (Å²) >= 11 is 0. The Hall–Kier alpha value is -0.610. The summed E-state index contributed by atoms with van der Waals surface area (Å²) in [6, 6.07) is 0.